The molecule has 3 heterocycles. The molecule has 0 bridgehead atoms. The number of imidazole rings is 1. The summed E-state index contributed by atoms with van der Waals surface area (Å²) in [5.41, 5.74) is 2.50. The molecule has 1 aliphatic rings. The molecule has 26 heavy (non-hydrogen) atoms. The normalized spacial score (nSPS) is 20.7. The Kier molecular flexibility index (Phi) is 4.28. The van der Waals surface area contributed by atoms with E-state index in [2.05, 4.69) is 4.98 Å². The van der Waals surface area contributed by atoms with E-state index in [9.17, 15) is 9.18 Å². The van der Waals surface area contributed by atoms with Gasteiger partial charge in [0.2, 0.25) is 0 Å². The van der Waals surface area contributed by atoms with Crippen LogP contribution in [0.25, 0.3) is 16.2 Å². The number of nitrogens with zero attached hydrogens (tertiary/aromatic N) is 3. The molecule has 1 aliphatic heterocycles. The number of fused-ring (bicyclic) bond motifs is 1. The van der Waals surface area contributed by atoms with Crippen LogP contribution in [0.5, 0.6) is 0 Å². The van der Waals surface area contributed by atoms with Crippen molar-refractivity contribution in [2.75, 3.05) is 13.1 Å². The maximum Gasteiger partial charge on any atom is 0.266 e. The van der Waals surface area contributed by atoms with Crippen LogP contribution in [-0.4, -0.2) is 45.5 Å². The van der Waals surface area contributed by atoms with Gasteiger partial charge in [-0.1, -0.05) is 11.3 Å². The number of morpholine rings is 1. The van der Waals surface area contributed by atoms with Gasteiger partial charge in [-0.15, -0.1) is 0 Å². The third-order valence-electron chi connectivity index (χ3n) is 4.60. The first-order chi connectivity index (χ1) is 12.4. The topological polar surface area (TPSA) is 46.8 Å². The molecule has 0 aliphatic carbocycles. The first-order valence-electron chi connectivity index (χ1n) is 8.61. The fourth-order valence-corrected chi connectivity index (χ4v) is 4.47. The van der Waals surface area contributed by atoms with E-state index in [1.165, 1.54) is 23.5 Å². The lowest BCUT2D eigenvalue weighted by molar-refractivity contribution is -0.0585. The number of carbonyl (C=O) groups is 1. The van der Waals surface area contributed by atoms with Crippen LogP contribution in [0.4, 0.5) is 4.39 Å². The van der Waals surface area contributed by atoms with Crippen molar-refractivity contribution in [2.45, 2.75) is 33.0 Å². The van der Waals surface area contributed by atoms with Crippen molar-refractivity contribution in [3.63, 3.8) is 0 Å². The van der Waals surface area contributed by atoms with Gasteiger partial charge in [-0.25, -0.2) is 9.37 Å². The summed E-state index contributed by atoms with van der Waals surface area (Å²) in [6.07, 6.45) is 1.98. The van der Waals surface area contributed by atoms with E-state index in [0.29, 0.717) is 18.0 Å². The Morgan fingerprint density at radius 3 is 2.50 bits per heavy atom. The van der Waals surface area contributed by atoms with Crippen LogP contribution < -0.4 is 0 Å². The van der Waals surface area contributed by atoms with Gasteiger partial charge in [0.1, 0.15) is 10.7 Å². The number of hydrogen-bond donors (Lipinski definition) is 0. The number of aryl methyl sites for hydroxylation is 1. The highest BCUT2D eigenvalue weighted by molar-refractivity contribution is 7.19. The smallest absolute Gasteiger partial charge is 0.266 e. The molecular weight excluding hydrogens is 353 g/mol. The average Bonchev–Trinajstić information content (AvgIpc) is 3.14. The predicted molar refractivity (Wildman–Crippen MR) is 99.1 cm³/mol. The summed E-state index contributed by atoms with van der Waals surface area (Å²) in [4.78, 5) is 20.9. The molecule has 7 heteroatoms. The molecule has 4 rings (SSSR count). The van der Waals surface area contributed by atoms with E-state index in [0.717, 1.165) is 21.9 Å². The maximum atomic E-state index is 13.1. The van der Waals surface area contributed by atoms with Crippen molar-refractivity contribution in [2.24, 2.45) is 0 Å². The Labute approximate surface area is 155 Å². The van der Waals surface area contributed by atoms with Crippen molar-refractivity contribution < 1.29 is 13.9 Å². The van der Waals surface area contributed by atoms with Crippen LogP contribution in [0.1, 0.15) is 29.2 Å². The lowest BCUT2D eigenvalue weighted by atomic mass is 10.2. The second-order valence-electron chi connectivity index (χ2n) is 6.77. The number of thiazole rings is 1. The lowest BCUT2D eigenvalue weighted by Crippen LogP contribution is -2.48. The first kappa shape index (κ1) is 17.2. The zero-order valence-corrected chi connectivity index (χ0v) is 15.7. The number of aromatic nitrogens is 2. The van der Waals surface area contributed by atoms with Crippen molar-refractivity contribution in [1.29, 1.82) is 0 Å². The van der Waals surface area contributed by atoms with Crippen molar-refractivity contribution in [1.82, 2.24) is 14.3 Å². The summed E-state index contributed by atoms with van der Waals surface area (Å²) >= 11 is 1.39. The Balaban J connectivity index is 1.65. The van der Waals surface area contributed by atoms with Crippen LogP contribution in [0, 0.1) is 12.7 Å². The maximum absolute atomic E-state index is 13.1. The van der Waals surface area contributed by atoms with Gasteiger partial charge in [0.25, 0.3) is 5.91 Å². The molecule has 0 N–H and O–H groups in total. The third-order valence-corrected chi connectivity index (χ3v) is 5.74. The van der Waals surface area contributed by atoms with Crippen LogP contribution >= 0.6 is 11.3 Å². The molecule has 1 saturated heterocycles. The molecule has 5 nitrogen and oxygen atoms in total. The zero-order valence-electron chi connectivity index (χ0n) is 14.9. The summed E-state index contributed by atoms with van der Waals surface area (Å²) in [6, 6.07) is 6.26. The van der Waals surface area contributed by atoms with Crippen molar-refractivity contribution >= 4 is 22.2 Å². The number of amides is 1. The summed E-state index contributed by atoms with van der Waals surface area (Å²) in [6.45, 7) is 7.10. The van der Waals surface area contributed by atoms with Gasteiger partial charge in [0.15, 0.2) is 4.96 Å². The van der Waals surface area contributed by atoms with Gasteiger partial charge >= 0.3 is 0 Å². The molecule has 0 spiro atoms. The average molecular weight is 373 g/mol. The molecule has 0 radical (unpaired) electrons. The first-order valence-corrected chi connectivity index (χ1v) is 9.43. The van der Waals surface area contributed by atoms with Crippen LogP contribution in [0.3, 0.4) is 0 Å². The van der Waals surface area contributed by atoms with E-state index in [1.54, 1.807) is 12.1 Å². The Hall–Kier alpha value is -2.25. The van der Waals surface area contributed by atoms with E-state index < -0.39 is 0 Å². The molecule has 3 aromatic rings. The number of hydrogen-bond acceptors (Lipinski definition) is 4. The van der Waals surface area contributed by atoms with E-state index in [-0.39, 0.29) is 23.9 Å². The Morgan fingerprint density at radius 1 is 1.23 bits per heavy atom. The Bertz CT molecular complexity index is 953. The van der Waals surface area contributed by atoms with E-state index in [1.807, 2.05) is 36.3 Å². The number of halogens is 1. The minimum absolute atomic E-state index is 0.0309. The van der Waals surface area contributed by atoms with Crippen LogP contribution in [0.15, 0.2) is 30.5 Å². The van der Waals surface area contributed by atoms with Gasteiger partial charge in [-0.05, 0) is 45.0 Å². The Morgan fingerprint density at radius 2 is 1.88 bits per heavy atom. The second-order valence-corrected chi connectivity index (χ2v) is 7.75. The molecule has 0 saturated carbocycles. The summed E-state index contributed by atoms with van der Waals surface area (Å²) in [5.74, 6) is -0.240. The minimum Gasteiger partial charge on any atom is -0.372 e. The van der Waals surface area contributed by atoms with Crippen molar-refractivity contribution in [3.05, 3.63) is 46.9 Å². The molecule has 1 fully saturated rings. The summed E-state index contributed by atoms with van der Waals surface area (Å²) in [7, 11) is 0. The SMILES string of the molecule is Cc1c(C(=O)N2C[C@@H](C)O[C@@H](C)C2)sc2nc(-c3ccc(F)cc3)cn12. The summed E-state index contributed by atoms with van der Waals surface area (Å²) in [5, 5.41) is 0. The monoisotopic (exact) mass is 373 g/mol. The molecule has 1 aromatic carbocycles. The van der Waals surface area contributed by atoms with Gasteiger partial charge < -0.3 is 9.64 Å². The van der Waals surface area contributed by atoms with Gasteiger partial charge in [-0.2, -0.15) is 0 Å². The van der Waals surface area contributed by atoms with Gasteiger partial charge in [0.05, 0.1) is 17.9 Å². The second kappa shape index (κ2) is 6.48. The quantitative estimate of drug-likeness (QED) is 0.687. The standard InChI is InChI=1S/C19H20FN3O2S/c1-11-8-22(9-12(2)25-11)18(24)17-13(3)23-10-16(21-19(23)26-17)14-4-6-15(20)7-5-14/h4-7,10-12H,8-9H2,1-3H3/t11-,12+. The molecular formula is C19H20FN3O2S. The largest absolute Gasteiger partial charge is 0.372 e. The minimum atomic E-state index is -0.271. The number of ether oxygens (including phenoxy) is 1. The molecule has 136 valence electrons. The van der Waals surface area contributed by atoms with Crippen molar-refractivity contribution in [3.8, 4) is 11.3 Å². The molecule has 0 unspecified atom stereocenters. The molecule has 1 amide bonds. The van der Waals surface area contributed by atoms with E-state index >= 15 is 0 Å². The zero-order chi connectivity index (χ0) is 18.4. The number of benzene rings is 1. The number of rotatable bonds is 2. The molecule has 2 aromatic heterocycles. The van der Waals surface area contributed by atoms with Gasteiger partial charge in [-0.3, -0.25) is 9.20 Å². The highest BCUT2D eigenvalue weighted by Crippen LogP contribution is 2.29. The summed E-state index contributed by atoms with van der Waals surface area (Å²) < 4.78 is 20.8. The van der Waals surface area contributed by atoms with Crippen LogP contribution in [0.2, 0.25) is 0 Å². The fraction of sp³-hybridized carbons (Fsp3) is 0.368. The highest BCUT2D eigenvalue weighted by Gasteiger charge is 2.29. The van der Waals surface area contributed by atoms with E-state index in [4.69, 9.17) is 4.74 Å². The molecule has 2 atom stereocenters. The lowest BCUT2D eigenvalue weighted by Gasteiger charge is -2.35. The fourth-order valence-electron chi connectivity index (χ4n) is 3.40. The van der Waals surface area contributed by atoms with Gasteiger partial charge in [0, 0.05) is 30.5 Å². The predicted octanol–water partition coefficient (Wildman–Crippen LogP) is 3.76. The third kappa shape index (κ3) is 3.01. The van der Waals surface area contributed by atoms with Crippen LogP contribution in [-0.2, 0) is 4.74 Å². The number of carbonyl (C=O) groups excluding carboxylic acids is 1. The highest BCUT2D eigenvalue weighted by atomic mass is 32.1.